The van der Waals surface area contributed by atoms with Gasteiger partial charge < -0.3 is 13.9 Å². The number of halogens is 3. The van der Waals surface area contributed by atoms with Crippen LogP contribution in [0.15, 0.2) is 43.0 Å². The Bertz CT molecular complexity index is 1130. The van der Waals surface area contributed by atoms with Gasteiger partial charge in [-0.25, -0.2) is 4.98 Å². The number of allylic oxidation sites excluding steroid dienone is 1. The van der Waals surface area contributed by atoms with Crippen LogP contribution in [0.3, 0.4) is 0 Å². The molecule has 0 fully saturated rings. The Morgan fingerprint density at radius 2 is 1.90 bits per heavy atom. The summed E-state index contributed by atoms with van der Waals surface area (Å²) in [4.78, 5) is 28.3. The zero-order chi connectivity index (χ0) is 22.1. The second-order valence-corrected chi connectivity index (χ2v) is 6.78. The second kappa shape index (κ2) is 8.17. The van der Waals surface area contributed by atoms with Crippen LogP contribution in [-0.2, 0) is 28.8 Å². The van der Waals surface area contributed by atoms with Gasteiger partial charge in [0.25, 0.3) is 0 Å². The molecule has 6 nitrogen and oxygen atoms in total. The molecule has 0 radical (unpaired) electrons. The van der Waals surface area contributed by atoms with E-state index >= 15 is 0 Å². The molecule has 0 atom stereocenters. The third kappa shape index (κ3) is 4.14. The molecule has 0 unspecified atom stereocenters. The first kappa shape index (κ1) is 21.4. The number of aromatic nitrogens is 3. The number of alkyl halides is 3. The number of Topliss-reactive ketones (excluding diaryl/α,β-unsaturated/α-hetero) is 1. The van der Waals surface area contributed by atoms with Crippen molar-refractivity contribution in [3.8, 4) is 0 Å². The maximum Gasteiger partial charge on any atom is 0.449 e. The van der Waals surface area contributed by atoms with E-state index in [4.69, 9.17) is 4.74 Å². The smallest absolute Gasteiger partial charge is 0.449 e. The molecule has 2 heterocycles. The number of esters is 1. The van der Waals surface area contributed by atoms with Gasteiger partial charge in [0, 0.05) is 23.5 Å². The second-order valence-electron chi connectivity index (χ2n) is 6.78. The molecular weight excluding hydrogens is 399 g/mol. The molecule has 0 aliphatic rings. The van der Waals surface area contributed by atoms with Crippen LogP contribution in [-0.4, -0.2) is 32.5 Å². The summed E-state index contributed by atoms with van der Waals surface area (Å²) in [6.45, 7) is 6.52. The lowest BCUT2D eigenvalue weighted by molar-refractivity contribution is -0.150. The van der Waals surface area contributed by atoms with Gasteiger partial charge in [-0.2, -0.15) is 13.2 Å². The third-order valence-corrected chi connectivity index (χ3v) is 4.75. The largest absolute Gasteiger partial charge is 0.456 e. The predicted molar refractivity (Wildman–Crippen MR) is 104 cm³/mol. The van der Waals surface area contributed by atoms with E-state index in [1.165, 1.54) is 12.1 Å². The predicted octanol–water partition coefficient (Wildman–Crippen LogP) is 4.09. The van der Waals surface area contributed by atoms with Gasteiger partial charge in [0.1, 0.15) is 6.54 Å². The Kier molecular flexibility index (Phi) is 5.82. The van der Waals surface area contributed by atoms with E-state index < -0.39 is 36.9 Å². The molecule has 158 valence electrons. The lowest BCUT2D eigenvalue weighted by Crippen LogP contribution is -2.22. The van der Waals surface area contributed by atoms with Crippen molar-refractivity contribution in [3.05, 3.63) is 65.8 Å². The van der Waals surface area contributed by atoms with E-state index in [-0.39, 0.29) is 11.0 Å². The van der Waals surface area contributed by atoms with Gasteiger partial charge in [-0.1, -0.05) is 18.2 Å². The van der Waals surface area contributed by atoms with Crippen molar-refractivity contribution in [2.24, 2.45) is 0 Å². The summed E-state index contributed by atoms with van der Waals surface area (Å²) in [6, 6.07) is 7.65. The average Bonchev–Trinajstić information content (AvgIpc) is 3.19. The lowest BCUT2D eigenvalue weighted by atomic mass is 10.1. The summed E-state index contributed by atoms with van der Waals surface area (Å²) >= 11 is 0. The molecule has 3 aromatic rings. The number of hydrogen-bond acceptors (Lipinski definition) is 4. The van der Waals surface area contributed by atoms with Gasteiger partial charge in [0.05, 0.1) is 11.0 Å². The van der Waals surface area contributed by atoms with Gasteiger partial charge in [-0.15, -0.1) is 6.58 Å². The van der Waals surface area contributed by atoms with Crippen LogP contribution in [0.2, 0.25) is 0 Å². The summed E-state index contributed by atoms with van der Waals surface area (Å²) in [5.41, 5.74) is 2.21. The van der Waals surface area contributed by atoms with Crippen molar-refractivity contribution in [3.63, 3.8) is 0 Å². The quantitative estimate of drug-likeness (QED) is 0.329. The number of hydrogen-bond donors (Lipinski definition) is 0. The van der Waals surface area contributed by atoms with E-state index in [0.29, 0.717) is 17.8 Å². The van der Waals surface area contributed by atoms with E-state index in [2.05, 4.69) is 11.6 Å². The molecule has 0 bridgehead atoms. The third-order valence-electron chi connectivity index (χ3n) is 4.75. The van der Waals surface area contributed by atoms with Crippen LogP contribution in [0.1, 0.15) is 27.6 Å². The SMILES string of the molecule is C=CCn1c(C)cc(C(=O)COC(=O)Cn2c(C(F)(F)F)nc3ccccc32)c1C. The first-order valence-corrected chi connectivity index (χ1v) is 9.12. The van der Waals surface area contributed by atoms with Crippen LogP contribution >= 0.6 is 0 Å². The summed E-state index contributed by atoms with van der Waals surface area (Å²) in [5.74, 6) is -2.59. The van der Waals surface area contributed by atoms with Gasteiger partial charge in [-0.05, 0) is 32.0 Å². The van der Waals surface area contributed by atoms with E-state index in [1.54, 1.807) is 31.2 Å². The summed E-state index contributed by atoms with van der Waals surface area (Å²) in [7, 11) is 0. The molecule has 30 heavy (non-hydrogen) atoms. The molecule has 0 spiro atoms. The van der Waals surface area contributed by atoms with Crippen molar-refractivity contribution in [2.75, 3.05) is 6.61 Å². The Hall–Kier alpha value is -3.36. The molecule has 3 rings (SSSR count). The number of imidazole rings is 1. The van der Waals surface area contributed by atoms with Crippen molar-refractivity contribution in [1.29, 1.82) is 0 Å². The van der Waals surface area contributed by atoms with Gasteiger partial charge >= 0.3 is 12.1 Å². The molecule has 0 N–H and O–H groups in total. The Morgan fingerprint density at radius 3 is 2.57 bits per heavy atom. The van der Waals surface area contributed by atoms with Crippen LogP contribution < -0.4 is 0 Å². The van der Waals surface area contributed by atoms with Gasteiger partial charge in [-0.3, -0.25) is 9.59 Å². The molecule has 0 saturated heterocycles. The van der Waals surface area contributed by atoms with Crippen molar-refractivity contribution in [2.45, 2.75) is 33.1 Å². The monoisotopic (exact) mass is 419 g/mol. The molecule has 0 amide bonds. The number of ether oxygens (including phenoxy) is 1. The average molecular weight is 419 g/mol. The highest BCUT2D eigenvalue weighted by molar-refractivity contribution is 5.99. The fourth-order valence-electron chi connectivity index (χ4n) is 3.34. The summed E-state index contributed by atoms with van der Waals surface area (Å²) < 4.78 is 47.6. The van der Waals surface area contributed by atoms with Gasteiger partial charge in [0.2, 0.25) is 11.6 Å². The van der Waals surface area contributed by atoms with Crippen molar-refractivity contribution < 1.29 is 27.5 Å². The van der Waals surface area contributed by atoms with E-state index in [9.17, 15) is 22.8 Å². The highest BCUT2D eigenvalue weighted by Crippen LogP contribution is 2.31. The number of nitrogens with zero attached hydrogens (tertiary/aromatic N) is 3. The fraction of sp³-hybridized carbons (Fsp3) is 0.286. The zero-order valence-electron chi connectivity index (χ0n) is 16.5. The highest BCUT2D eigenvalue weighted by Gasteiger charge is 2.38. The van der Waals surface area contributed by atoms with Crippen LogP contribution in [0.25, 0.3) is 11.0 Å². The first-order valence-electron chi connectivity index (χ1n) is 9.12. The normalized spacial score (nSPS) is 11.6. The number of para-hydroxylation sites is 2. The number of carbonyl (C=O) groups excluding carboxylic acids is 2. The maximum atomic E-state index is 13.3. The highest BCUT2D eigenvalue weighted by atomic mass is 19.4. The number of aryl methyl sites for hydroxylation is 1. The molecular formula is C21H20F3N3O3. The molecule has 0 saturated carbocycles. The number of carbonyl (C=O) groups is 2. The van der Waals surface area contributed by atoms with Gasteiger partial charge in [0.15, 0.2) is 6.61 Å². The van der Waals surface area contributed by atoms with E-state index in [0.717, 1.165) is 10.3 Å². The number of ketones is 1. The summed E-state index contributed by atoms with van der Waals surface area (Å²) in [5, 5.41) is 0. The van der Waals surface area contributed by atoms with E-state index in [1.807, 2.05) is 11.5 Å². The first-order chi connectivity index (χ1) is 14.1. The minimum Gasteiger partial charge on any atom is -0.456 e. The minimum absolute atomic E-state index is 0.114. The van der Waals surface area contributed by atoms with Crippen LogP contribution in [0, 0.1) is 13.8 Å². The minimum atomic E-state index is -4.74. The number of benzene rings is 1. The van der Waals surface area contributed by atoms with Crippen LogP contribution in [0.4, 0.5) is 13.2 Å². The Balaban J connectivity index is 1.75. The molecule has 0 aliphatic heterocycles. The molecule has 0 aliphatic carbocycles. The topological polar surface area (TPSA) is 66.1 Å². The van der Waals surface area contributed by atoms with Crippen LogP contribution in [0.5, 0.6) is 0 Å². The lowest BCUT2D eigenvalue weighted by Gasteiger charge is -2.11. The molecule has 2 aromatic heterocycles. The maximum absolute atomic E-state index is 13.3. The fourth-order valence-corrected chi connectivity index (χ4v) is 3.34. The number of rotatable bonds is 7. The standard InChI is InChI=1S/C21H20F3N3O3/c1-4-9-26-13(2)10-15(14(26)3)18(28)12-30-19(29)11-27-17-8-6-5-7-16(17)25-20(27)21(22,23)24/h4-8,10H,1,9,11-12H2,2-3H3. The Labute approximate surface area is 170 Å². The number of fused-ring (bicyclic) bond motifs is 1. The van der Waals surface area contributed by atoms with Crippen molar-refractivity contribution in [1.82, 2.24) is 14.1 Å². The Morgan fingerprint density at radius 1 is 1.20 bits per heavy atom. The van der Waals surface area contributed by atoms with Crippen molar-refractivity contribution >= 4 is 22.8 Å². The molecule has 1 aromatic carbocycles. The zero-order valence-corrected chi connectivity index (χ0v) is 16.5. The molecule has 9 heteroatoms. The summed E-state index contributed by atoms with van der Waals surface area (Å²) in [6.07, 6.45) is -3.04.